The zero-order valence-electron chi connectivity index (χ0n) is 10.7. The molecule has 1 rings (SSSR count). The molecule has 3 nitrogen and oxygen atoms in total. The Labute approximate surface area is 98.5 Å². The highest BCUT2D eigenvalue weighted by Gasteiger charge is 2.16. The fourth-order valence-electron chi connectivity index (χ4n) is 1.97. The van der Waals surface area contributed by atoms with Gasteiger partial charge in [0.05, 0.1) is 11.9 Å². The topological polar surface area (TPSA) is 50.9 Å². The molecular formula is C13H23N3. The molecule has 0 saturated carbocycles. The maximum Gasteiger partial charge on any atom is 0.126 e. The predicted molar refractivity (Wildman–Crippen MR) is 70.3 cm³/mol. The highest BCUT2D eigenvalue weighted by molar-refractivity contribution is 5.43. The fraction of sp³-hybridized carbons (Fsp3) is 0.615. The van der Waals surface area contributed by atoms with Gasteiger partial charge < -0.3 is 11.1 Å². The summed E-state index contributed by atoms with van der Waals surface area (Å²) < 4.78 is 0. The Bertz CT molecular complexity index is 295. The molecule has 16 heavy (non-hydrogen) atoms. The van der Waals surface area contributed by atoms with E-state index in [1.807, 2.05) is 12.1 Å². The van der Waals surface area contributed by atoms with Crippen molar-refractivity contribution < 1.29 is 0 Å². The average Bonchev–Trinajstić information content (AvgIpc) is 2.20. The minimum absolute atomic E-state index is 0.666. The summed E-state index contributed by atoms with van der Waals surface area (Å²) in [7, 11) is 0. The molecule has 0 amide bonds. The van der Waals surface area contributed by atoms with Gasteiger partial charge in [0.25, 0.3) is 0 Å². The largest absolute Gasteiger partial charge is 0.397 e. The van der Waals surface area contributed by atoms with Crippen molar-refractivity contribution in [1.82, 2.24) is 4.98 Å². The van der Waals surface area contributed by atoms with Gasteiger partial charge in [0.15, 0.2) is 0 Å². The van der Waals surface area contributed by atoms with Crippen molar-refractivity contribution in [2.45, 2.75) is 27.7 Å². The van der Waals surface area contributed by atoms with Crippen molar-refractivity contribution in [1.29, 1.82) is 0 Å². The average molecular weight is 221 g/mol. The number of aromatic nitrogens is 1. The first-order valence-electron chi connectivity index (χ1n) is 5.96. The third kappa shape index (κ3) is 3.72. The van der Waals surface area contributed by atoms with Crippen LogP contribution in [0.15, 0.2) is 18.3 Å². The van der Waals surface area contributed by atoms with E-state index in [4.69, 9.17) is 5.73 Å². The van der Waals surface area contributed by atoms with Crippen molar-refractivity contribution in [2.75, 3.05) is 17.6 Å². The Morgan fingerprint density at radius 1 is 1.19 bits per heavy atom. The molecule has 0 atom stereocenters. The number of nitrogen functional groups attached to an aromatic ring is 1. The molecule has 0 aliphatic carbocycles. The molecule has 1 heterocycles. The van der Waals surface area contributed by atoms with Crippen molar-refractivity contribution in [2.24, 2.45) is 17.8 Å². The van der Waals surface area contributed by atoms with E-state index in [0.29, 0.717) is 23.4 Å². The van der Waals surface area contributed by atoms with Crippen LogP contribution in [-0.4, -0.2) is 11.5 Å². The van der Waals surface area contributed by atoms with Crippen LogP contribution in [0, 0.1) is 17.8 Å². The number of hydrogen-bond acceptors (Lipinski definition) is 3. The summed E-state index contributed by atoms with van der Waals surface area (Å²) in [6.45, 7) is 10.0. The number of pyridine rings is 1. The molecule has 0 saturated heterocycles. The van der Waals surface area contributed by atoms with Gasteiger partial charge in [-0.1, -0.05) is 27.7 Å². The smallest absolute Gasteiger partial charge is 0.126 e. The highest BCUT2D eigenvalue weighted by Crippen LogP contribution is 2.20. The van der Waals surface area contributed by atoms with Crippen LogP contribution in [0.25, 0.3) is 0 Å². The second kappa shape index (κ2) is 5.73. The number of nitrogens with zero attached hydrogens (tertiary/aromatic N) is 1. The maximum absolute atomic E-state index is 5.59. The third-order valence-electron chi connectivity index (χ3n) is 3.02. The minimum atomic E-state index is 0.666. The van der Waals surface area contributed by atoms with Crippen LogP contribution in [0.1, 0.15) is 27.7 Å². The quantitative estimate of drug-likeness (QED) is 0.803. The molecule has 1 aromatic heterocycles. The Kier molecular flexibility index (Phi) is 4.59. The lowest BCUT2D eigenvalue weighted by molar-refractivity contribution is 0.304. The molecule has 0 radical (unpaired) electrons. The van der Waals surface area contributed by atoms with Crippen LogP contribution in [-0.2, 0) is 0 Å². The summed E-state index contributed by atoms with van der Waals surface area (Å²) in [5.74, 6) is 2.93. The molecule has 0 aliphatic heterocycles. The lowest BCUT2D eigenvalue weighted by Gasteiger charge is -2.25. The lowest BCUT2D eigenvalue weighted by Crippen LogP contribution is -2.24. The van der Waals surface area contributed by atoms with Crippen LogP contribution in [0.4, 0.5) is 11.5 Å². The van der Waals surface area contributed by atoms with Crippen LogP contribution in [0.2, 0.25) is 0 Å². The van der Waals surface area contributed by atoms with Crippen LogP contribution < -0.4 is 11.1 Å². The zero-order valence-corrected chi connectivity index (χ0v) is 10.7. The van der Waals surface area contributed by atoms with E-state index in [-0.39, 0.29) is 0 Å². The Morgan fingerprint density at radius 2 is 1.81 bits per heavy atom. The van der Waals surface area contributed by atoms with Gasteiger partial charge in [-0.2, -0.15) is 0 Å². The van der Waals surface area contributed by atoms with Crippen molar-refractivity contribution in [3.8, 4) is 0 Å². The Hall–Kier alpha value is -1.25. The molecule has 0 aliphatic rings. The van der Waals surface area contributed by atoms with E-state index in [1.54, 1.807) is 6.20 Å². The summed E-state index contributed by atoms with van der Waals surface area (Å²) >= 11 is 0. The minimum Gasteiger partial charge on any atom is -0.397 e. The molecule has 3 heteroatoms. The summed E-state index contributed by atoms with van der Waals surface area (Å²) in [6.07, 6.45) is 1.68. The second-order valence-corrected chi connectivity index (χ2v) is 5.01. The number of nitrogens with two attached hydrogens (primary N) is 1. The monoisotopic (exact) mass is 221 g/mol. The SMILES string of the molecule is CC(C)C(CNc1ccc(N)cn1)C(C)C. The molecule has 0 spiro atoms. The van der Waals surface area contributed by atoms with E-state index in [2.05, 4.69) is 38.0 Å². The third-order valence-corrected chi connectivity index (χ3v) is 3.02. The van der Waals surface area contributed by atoms with Gasteiger partial charge in [0.1, 0.15) is 5.82 Å². The number of anilines is 2. The molecule has 3 N–H and O–H groups in total. The van der Waals surface area contributed by atoms with Crippen molar-refractivity contribution >= 4 is 11.5 Å². The molecule has 0 fully saturated rings. The summed E-state index contributed by atoms with van der Waals surface area (Å²) in [5, 5.41) is 3.37. The van der Waals surface area contributed by atoms with Crippen LogP contribution >= 0.6 is 0 Å². The molecular weight excluding hydrogens is 198 g/mol. The first-order valence-corrected chi connectivity index (χ1v) is 5.96. The van der Waals surface area contributed by atoms with Gasteiger partial charge in [0.2, 0.25) is 0 Å². The van der Waals surface area contributed by atoms with E-state index in [9.17, 15) is 0 Å². The molecule has 0 unspecified atom stereocenters. The molecule has 90 valence electrons. The van der Waals surface area contributed by atoms with Gasteiger partial charge in [0, 0.05) is 6.54 Å². The van der Waals surface area contributed by atoms with Crippen LogP contribution in [0.3, 0.4) is 0 Å². The number of nitrogens with one attached hydrogen (secondary N) is 1. The van der Waals surface area contributed by atoms with E-state index in [0.717, 1.165) is 12.4 Å². The number of rotatable bonds is 5. The predicted octanol–water partition coefficient (Wildman–Crippen LogP) is 3.00. The van der Waals surface area contributed by atoms with Gasteiger partial charge in [-0.3, -0.25) is 0 Å². The standard InChI is InChI=1S/C13H23N3/c1-9(2)12(10(3)4)8-16-13-6-5-11(14)7-15-13/h5-7,9-10,12H,8,14H2,1-4H3,(H,15,16). The van der Waals surface area contributed by atoms with E-state index >= 15 is 0 Å². The second-order valence-electron chi connectivity index (χ2n) is 5.01. The zero-order chi connectivity index (χ0) is 12.1. The van der Waals surface area contributed by atoms with Crippen molar-refractivity contribution in [3.63, 3.8) is 0 Å². The van der Waals surface area contributed by atoms with Crippen molar-refractivity contribution in [3.05, 3.63) is 18.3 Å². The summed E-state index contributed by atoms with van der Waals surface area (Å²) in [4.78, 5) is 4.23. The summed E-state index contributed by atoms with van der Waals surface area (Å²) in [5.41, 5.74) is 6.29. The van der Waals surface area contributed by atoms with Crippen LogP contribution in [0.5, 0.6) is 0 Å². The normalized spacial score (nSPS) is 11.4. The lowest BCUT2D eigenvalue weighted by atomic mass is 9.85. The van der Waals surface area contributed by atoms with Gasteiger partial charge in [-0.25, -0.2) is 4.98 Å². The van der Waals surface area contributed by atoms with Gasteiger partial charge >= 0.3 is 0 Å². The first kappa shape index (κ1) is 12.8. The molecule has 1 aromatic rings. The van der Waals surface area contributed by atoms with Gasteiger partial charge in [-0.05, 0) is 29.9 Å². The maximum atomic E-state index is 5.59. The van der Waals surface area contributed by atoms with Gasteiger partial charge in [-0.15, -0.1) is 0 Å². The first-order chi connectivity index (χ1) is 7.50. The Morgan fingerprint density at radius 3 is 2.25 bits per heavy atom. The Balaban J connectivity index is 2.52. The highest BCUT2D eigenvalue weighted by atomic mass is 15.0. The van der Waals surface area contributed by atoms with E-state index < -0.39 is 0 Å². The summed E-state index contributed by atoms with van der Waals surface area (Å²) in [6, 6.07) is 3.79. The fourth-order valence-corrected chi connectivity index (χ4v) is 1.97. The molecule has 0 aromatic carbocycles. The number of hydrogen-bond donors (Lipinski definition) is 2. The molecule has 0 bridgehead atoms. The van der Waals surface area contributed by atoms with E-state index in [1.165, 1.54) is 0 Å².